The Kier molecular flexibility index (Phi) is 5.53. The van der Waals surface area contributed by atoms with Crippen LogP contribution in [0, 0.1) is 0 Å². The topological polar surface area (TPSA) is 39.5 Å². The number of para-hydroxylation sites is 1. The number of rotatable bonds is 7. The van der Waals surface area contributed by atoms with Crippen molar-refractivity contribution in [1.29, 1.82) is 0 Å². The Morgan fingerprint density at radius 2 is 2.08 bits per heavy atom. The van der Waals surface area contributed by atoms with Crippen LogP contribution in [0.5, 0.6) is 5.75 Å². The molecule has 0 radical (unpaired) electrons. The molecule has 0 amide bonds. The summed E-state index contributed by atoms with van der Waals surface area (Å²) in [6.07, 6.45) is 2.19. The Hall–Kier alpha value is -1.85. The minimum atomic E-state index is 0.378. The molecular weight excluding hydrogens is 302 g/mol. The van der Waals surface area contributed by atoms with Gasteiger partial charge in [0.05, 0.1) is 19.4 Å². The summed E-state index contributed by atoms with van der Waals surface area (Å²) in [7, 11) is 1.73. The van der Waals surface area contributed by atoms with Gasteiger partial charge in [-0.15, -0.1) is 0 Å². The van der Waals surface area contributed by atoms with Crippen LogP contribution in [0.4, 0.5) is 0 Å². The standard InChI is InChI=1S/C19H27N3O2/c1-4-22-12-17-16(14-24-5-2)11-21(13-18(17)20-22)10-15-8-6-7-9-19(15)23-3/h6-9,12,16H,4-5,10-11,13-14H2,1-3H3/t16-/m1/s1. The average molecular weight is 329 g/mol. The monoisotopic (exact) mass is 329 g/mol. The lowest BCUT2D eigenvalue weighted by Crippen LogP contribution is -2.34. The van der Waals surface area contributed by atoms with Crippen molar-refractivity contribution in [2.24, 2.45) is 0 Å². The molecule has 3 rings (SSSR count). The first-order valence-electron chi connectivity index (χ1n) is 8.73. The van der Waals surface area contributed by atoms with Crippen molar-refractivity contribution in [3.63, 3.8) is 0 Å². The quantitative estimate of drug-likeness (QED) is 0.783. The molecule has 0 saturated heterocycles. The van der Waals surface area contributed by atoms with E-state index in [9.17, 15) is 0 Å². The summed E-state index contributed by atoms with van der Waals surface area (Å²) in [6.45, 7) is 9.31. The molecule has 0 saturated carbocycles. The first kappa shape index (κ1) is 17.0. The molecule has 1 aromatic heterocycles. The lowest BCUT2D eigenvalue weighted by molar-refractivity contribution is 0.104. The minimum absolute atomic E-state index is 0.378. The van der Waals surface area contributed by atoms with Crippen LogP contribution in [-0.2, 0) is 24.4 Å². The van der Waals surface area contributed by atoms with E-state index in [2.05, 4.69) is 30.2 Å². The molecule has 0 fully saturated rings. The number of hydrogen-bond acceptors (Lipinski definition) is 4. The van der Waals surface area contributed by atoms with Gasteiger partial charge in [-0.1, -0.05) is 18.2 Å². The van der Waals surface area contributed by atoms with E-state index in [-0.39, 0.29) is 0 Å². The highest BCUT2D eigenvalue weighted by Crippen LogP contribution is 2.30. The van der Waals surface area contributed by atoms with E-state index < -0.39 is 0 Å². The lowest BCUT2D eigenvalue weighted by Gasteiger charge is -2.32. The van der Waals surface area contributed by atoms with Gasteiger partial charge >= 0.3 is 0 Å². The molecule has 5 heteroatoms. The molecule has 24 heavy (non-hydrogen) atoms. The van der Waals surface area contributed by atoms with Gasteiger partial charge < -0.3 is 9.47 Å². The van der Waals surface area contributed by atoms with Crippen molar-refractivity contribution in [2.45, 2.75) is 39.4 Å². The van der Waals surface area contributed by atoms with Crippen LogP contribution in [-0.4, -0.2) is 41.5 Å². The fourth-order valence-corrected chi connectivity index (χ4v) is 3.39. The number of benzene rings is 1. The molecule has 1 aliphatic heterocycles. The van der Waals surface area contributed by atoms with Crippen LogP contribution >= 0.6 is 0 Å². The summed E-state index contributed by atoms with van der Waals surface area (Å²) in [4.78, 5) is 2.44. The number of ether oxygens (including phenoxy) is 2. The SMILES string of the molecule is CCOC[C@H]1CN(Cc2ccccc2OC)Cc2nn(CC)cc21. The van der Waals surface area contributed by atoms with E-state index in [0.29, 0.717) is 5.92 Å². The predicted octanol–water partition coefficient (Wildman–Crippen LogP) is 3.05. The zero-order valence-corrected chi connectivity index (χ0v) is 14.9. The Labute approximate surface area is 144 Å². The zero-order chi connectivity index (χ0) is 16.9. The second-order valence-electron chi connectivity index (χ2n) is 6.22. The van der Waals surface area contributed by atoms with Crippen LogP contribution in [0.25, 0.3) is 0 Å². The second kappa shape index (κ2) is 7.81. The Bertz CT molecular complexity index is 668. The largest absolute Gasteiger partial charge is 0.496 e. The Morgan fingerprint density at radius 1 is 1.25 bits per heavy atom. The number of aryl methyl sites for hydroxylation is 1. The third-order valence-corrected chi connectivity index (χ3v) is 4.60. The summed E-state index contributed by atoms with van der Waals surface area (Å²) in [5.74, 6) is 1.33. The lowest BCUT2D eigenvalue weighted by atomic mass is 9.95. The molecule has 0 aliphatic carbocycles. The van der Waals surface area contributed by atoms with E-state index in [4.69, 9.17) is 14.6 Å². The van der Waals surface area contributed by atoms with Gasteiger partial charge in [-0.05, 0) is 19.9 Å². The molecule has 2 aromatic rings. The highest BCUT2D eigenvalue weighted by atomic mass is 16.5. The maximum atomic E-state index is 5.73. The Balaban J connectivity index is 1.80. The molecule has 0 N–H and O–H groups in total. The van der Waals surface area contributed by atoms with Crippen LogP contribution in [0.3, 0.4) is 0 Å². The van der Waals surface area contributed by atoms with Crippen molar-refractivity contribution in [3.05, 3.63) is 47.3 Å². The molecular formula is C19H27N3O2. The van der Waals surface area contributed by atoms with Crippen LogP contribution < -0.4 is 4.74 Å². The number of fused-ring (bicyclic) bond motifs is 1. The van der Waals surface area contributed by atoms with E-state index >= 15 is 0 Å². The van der Waals surface area contributed by atoms with Gasteiger partial charge in [0.1, 0.15) is 5.75 Å². The molecule has 0 bridgehead atoms. The van der Waals surface area contributed by atoms with Gasteiger partial charge in [-0.2, -0.15) is 5.10 Å². The first-order chi connectivity index (χ1) is 11.7. The van der Waals surface area contributed by atoms with Crippen LogP contribution in [0.1, 0.15) is 36.6 Å². The third kappa shape index (κ3) is 3.62. The normalized spacial score (nSPS) is 17.7. The maximum Gasteiger partial charge on any atom is 0.123 e. The fraction of sp³-hybridized carbons (Fsp3) is 0.526. The van der Waals surface area contributed by atoms with Crippen molar-refractivity contribution in [2.75, 3.05) is 26.9 Å². The van der Waals surface area contributed by atoms with Gasteiger partial charge in [0.15, 0.2) is 0 Å². The van der Waals surface area contributed by atoms with E-state index in [1.54, 1.807) is 7.11 Å². The molecule has 5 nitrogen and oxygen atoms in total. The van der Waals surface area contributed by atoms with Gasteiger partial charge in [0.2, 0.25) is 0 Å². The molecule has 1 aliphatic rings. The van der Waals surface area contributed by atoms with Gasteiger partial charge in [0, 0.05) is 56.0 Å². The van der Waals surface area contributed by atoms with Crippen LogP contribution in [0.2, 0.25) is 0 Å². The summed E-state index contributed by atoms with van der Waals surface area (Å²) in [5, 5.41) is 4.75. The molecule has 130 valence electrons. The third-order valence-electron chi connectivity index (χ3n) is 4.60. The summed E-state index contributed by atoms with van der Waals surface area (Å²) < 4.78 is 13.3. The van der Waals surface area contributed by atoms with E-state index in [0.717, 1.165) is 45.1 Å². The molecule has 1 atom stereocenters. The maximum absolute atomic E-state index is 5.73. The molecule has 2 heterocycles. The van der Waals surface area contributed by atoms with Crippen molar-refractivity contribution in [3.8, 4) is 5.75 Å². The van der Waals surface area contributed by atoms with E-state index in [1.807, 2.05) is 23.7 Å². The summed E-state index contributed by atoms with van der Waals surface area (Å²) in [6, 6.07) is 8.24. The van der Waals surface area contributed by atoms with Crippen molar-refractivity contribution >= 4 is 0 Å². The molecule has 0 unspecified atom stereocenters. The summed E-state index contributed by atoms with van der Waals surface area (Å²) in [5.41, 5.74) is 3.75. The Morgan fingerprint density at radius 3 is 2.83 bits per heavy atom. The number of methoxy groups -OCH3 is 1. The van der Waals surface area contributed by atoms with Crippen molar-refractivity contribution in [1.82, 2.24) is 14.7 Å². The highest BCUT2D eigenvalue weighted by molar-refractivity contribution is 5.34. The zero-order valence-electron chi connectivity index (χ0n) is 14.9. The number of aromatic nitrogens is 2. The summed E-state index contributed by atoms with van der Waals surface area (Å²) >= 11 is 0. The number of nitrogens with zero attached hydrogens (tertiary/aromatic N) is 3. The second-order valence-corrected chi connectivity index (χ2v) is 6.22. The van der Waals surface area contributed by atoms with Gasteiger partial charge in [0.25, 0.3) is 0 Å². The fourth-order valence-electron chi connectivity index (χ4n) is 3.39. The highest BCUT2D eigenvalue weighted by Gasteiger charge is 2.28. The average Bonchev–Trinajstić information content (AvgIpc) is 3.03. The van der Waals surface area contributed by atoms with E-state index in [1.165, 1.54) is 16.8 Å². The van der Waals surface area contributed by atoms with Gasteiger partial charge in [-0.3, -0.25) is 9.58 Å². The smallest absolute Gasteiger partial charge is 0.123 e. The molecule has 1 aromatic carbocycles. The van der Waals surface area contributed by atoms with Crippen LogP contribution in [0.15, 0.2) is 30.5 Å². The first-order valence-corrected chi connectivity index (χ1v) is 8.73. The molecule has 0 spiro atoms. The van der Waals surface area contributed by atoms with Crippen molar-refractivity contribution < 1.29 is 9.47 Å². The number of hydrogen-bond donors (Lipinski definition) is 0. The minimum Gasteiger partial charge on any atom is -0.496 e. The van der Waals surface area contributed by atoms with Gasteiger partial charge in [-0.25, -0.2) is 0 Å². The predicted molar refractivity (Wildman–Crippen MR) is 94.2 cm³/mol.